The van der Waals surface area contributed by atoms with E-state index < -0.39 is 99.7 Å². The van der Waals surface area contributed by atoms with Gasteiger partial charge in [-0.15, -0.1) is 0 Å². The molecular weight excluding hydrogens is 456 g/mol. The molecule has 194 valence electrons. The summed E-state index contributed by atoms with van der Waals surface area (Å²) in [4.78, 5) is 0. The summed E-state index contributed by atoms with van der Waals surface area (Å²) in [5.41, 5.74) is 0. The van der Waals surface area contributed by atoms with Gasteiger partial charge in [-0.3, -0.25) is 0 Å². The number of hydrogen-bond acceptors (Lipinski definition) is 15. The van der Waals surface area contributed by atoms with Gasteiger partial charge in [-0.05, 0) is 0 Å². The zero-order chi connectivity index (χ0) is 24.3. The first kappa shape index (κ1) is 27.0. The van der Waals surface area contributed by atoms with Crippen LogP contribution >= 0.6 is 0 Å². The molecule has 33 heavy (non-hydrogen) atoms. The van der Waals surface area contributed by atoms with Crippen LogP contribution in [0.5, 0.6) is 0 Å². The first-order valence-electron chi connectivity index (χ1n) is 10.4. The lowest BCUT2D eigenvalue weighted by Gasteiger charge is -2.43. The van der Waals surface area contributed by atoms with Crippen LogP contribution in [0.1, 0.15) is 0 Å². The summed E-state index contributed by atoms with van der Waals surface area (Å²) in [6, 6.07) is 0. The van der Waals surface area contributed by atoms with Gasteiger partial charge in [0.15, 0.2) is 12.6 Å². The van der Waals surface area contributed by atoms with E-state index in [1.165, 1.54) is 0 Å². The standard InChI is InChI=1S/C18H32O15/c19-1-7(22)3-29-16(10-5-28-10)30-4-9-11(23)13(25)14(26)17(31-9)33-18(6-21)15(27)12(24)8(2-20)32-18/h7-17,19-27H,1-6H2/t7?,8-,9-,10?,11-,12-,13+,14-,15+,16?,17-,18+/m1/s1. The largest absolute Gasteiger partial charge is 0.394 e. The zero-order valence-corrected chi connectivity index (χ0v) is 17.6. The molecule has 9 N–H and O–H groups in total. The first-order valence-corrected chi connectivity index (χ1v) is 10.4. The normalized spacial score (nSPS) is 45.2. The summed E-state index contributed by atoms with van der Waals surface area (Å²) in [6.07, 6.45) is -15.7. The van der Waals surface area contributed by atoms with Crippen molar-refractivity contribution in [2.24, 2.45) is 0 Å². The fourth-order valence-electron chi connectivity index (χ4n) is 3.54. The number of aliphatic hydroxyl groups is 9. The molecule has 0 spiro atoms. The molecule has 0 aromatic heterocycles. The summed E-state index contributed by atoms with van der Waals surface area (Å²) >= 11 is 0. The van der Waals surface area contributed by atoms with Crippen LogP contribution in [0.25, 0.3) is 0 Å². The Morgan fingerprint density at radius 1 is 0.909 bits per heavy atom. The summed E-state index contributed by atoms with van der Waals surface area (Å²) < 4.78 is 32.1. The number of rotatable bonds is 12. The van der Waals surface area contributed by atoms with Gasteiger partial charge in [-0.2, -0.15) is 0 Å². The quantitative estimate of drug-likeness (QED) is 0.0916. The minimum Gasteiger partial charge on any atom is -0.394 e. The fourth-order valence-corrected chi connectivity index (χ4v) is 3.54. The second-order valence-electron chi connectivity index (χ2n) is 8.12. The number of hydrogen-bond donors (Lipinski definition) is 9. The minimum absolute atomic E-state index is 0.259. The molecule has 0 aliphatic carbocycles. The maximum Gasteiger partial charge on any atom is 0.224 e. The van der Waals surface area contributed by atoms with Gasteiger partial charge in [0.05, 0.1) is 33.0 Å². The average Bonchev–Trinajstić information content (AvgIpc) is 3.63. The lowest BCUT2D eigenvalue weighted by atomic mass is 9.99. The lowest BCUT2D eigenvalue weighted by molar-refractivity contribution is -0.385. The maximum absolute atomic E-state index is 10.3. The molecule has 3 heterocycles. The molecular formula is C18H32O15. The highest BCUT2D eigenvalue weighted by atomic mass is 16.8. The third-order valence-electron chi connectivity index (χ3n) is 5.64. The molecule has 15 heteroatoms. The van der Waals surface area contributed by atoms with Crippen molar-refractivity contribution in [3.05, 3.63) is 0 Å². The summed E-state index contributed by atoms with van der Waals surface area (Å²) in [5.74, 6) is -2.29. The van der Waals surface area contributed by atoms with Crippen molar-refractivity contribution in [3.8, 4) is 0 Å². The molecule has 12 atom stereocenters. The van der Waals surface area contributed by atoms with E-state index >= 15 is 0 Å². The van der Waals surface area contributed by atoms with E-state index in [0.717, 1.165) is 0 Å². The SMILES string of the molecule is OCC(O)COC(OC[C@H]1O[C@H](O[C@]2(CO)O[C@H](CO)[C@@H](O)[C@@H]2O)[C@H](O)[C@@H](O)[C@@H]1O)C1CO1. The van der Waals surface area contributed by atoms with Crippen molar-refractivity contribution in [3.63, 3.8) is 0 Å². The Hall–Kier alpha value is -0.600. The molecule has 0 aromatic carbocycles. The number of epoxide rings is 1. The van der Waals surface area contributed by atoms with Crippen LogP contribution in [0.4, 0.5) is 0 Å². The molecule has 0 radical (unpaired) electrons. The molecule has 3 rings (SSSR count). The lowest BCUT2D eigenvalue weighted by Crippen LogP contribution is -2.63. The molecule has 3 fully saturated rings. The third kappa shape index (κ3) is 5.97. The molecule has 0 aromatic rings. The van der Waals surface area contributed by atoms with E-state index in [0.29, 0.717) is 6.61 Å². The van der Waals surface area contributed by atoms with Crippen LogP contribution in [0.2, 0.25) is 0 Å². The molecule has 3 aliphatic heterocycles. The third-order valence-corrected chi connectivity index (χ3v) is 5.64. The van der Waals surface area contributed by atoms with Crippen LogP contribution < -0.4 is 0 Å². The van der Waals surface area contributed by atoms with Crippen molar-refractivity contribution in [2.75, 3.05) is 39.6 Å². The van der Waals surface area contributed by atoms with Crippen molar-refractivity contribution in [1.29, 1.82) is 0 Å². The van der Waals surface area contributed by atoms with Gasteiger partial charge < -0.3 is 74.4 Å². The highest BCUT2D eigenvalue weighted by molar-refractivity contribution is 4.98. The minimum atomic E-state index is -2.29. The molecule has 15 nitrogen and oxygen atoms in total. The number of aliphatic hydroxyl groups excluding tert-OH is 9. The van der Waals surface area contributed by atoms with E-state index in [1.54, 1.807) is 0 Å². The first-order chi connectivity index (χ1) is 15.7. The van der Waals surface area contributed by atoms with Gasteiger partial charge in [0.1, 0.15) is 61.5 Å². The predicted molar refractivity (Wildman–Crippen MR) is 100 cm³/mol. The topological polar surface area (TPSA) is 241 Å². The van der Waals surface area contributed by atoms with Crippen LogP contribution in [-0.4, -0.2) is 159 Å². The summed E-state index contributed by atoms with van der Waals surface area (Å²) in [5, 5.41) is 88.4. The van der Waals surface area contributed by atoms with E-state index in [-0.39, 0.29) is 6.61 Å². The van der Waals surface area contributed by atoms with Crippen LogP contribution in [0.3, 0.4) is 0 Å². The second kappa shape index (κ2) is 11.4. The maximum atomic E-state index is 10.3. The molecule has 0 saturated carbocycles. The van der Waals surface area contributed by atoms with Gasteiger partial charge in [0.25, 0.3) is 0 Å². The van der Waals surface area contributed by atoms with Gasteiger partial charge >= 0.3 is 0 Å². The van der Waals surface area contributed by atoms with Crippen LogP contribution in [0.15, 0.2) is 0 Å². The Labute approximate surface area is 188 Å². The van der Waals surface area contributed by atoms with E-state index in [9.17, 15) is 40.9 Å². The Bertz CT molecular complexity index is 607. The fraction of sp³-hybridized carbons (Fsp3) is 1.00. The molecule has 3 saturated heterocycles. The van der Waals surface area contributed by atoms with Crippen molar-refractivity contribution < 1.29 is 74.4 Å². The average molecular weight is 488 g/mol. The van der Waals surface area contributed by atoms with Crippen LogP contribution in [0, 0.1) is 0 Å². The van der Waals surface area contributed by atoms with E-state index in [2.05, 4.69) is 0 Å². The van der Waals surface area contributed by atoms with E-state index in [1.807, 2.05) is 0 Å². The molecule has 3 aliphatic rings. The van der Waals surface area contributed by atoms with Gasteiger partial charge in [-0.25, -0.2) is 0 Å². The van der Waals surface area contributed by atoms with Crippen LogP contribution in [-0.2, 0) is 28.4 Å². The Balaban J connectivity index is 1.64. The Morgan fingerprint density at radius 3 is 2.15 bits per heavy atom. The van der Waals surface area contributed by atoms with Gasteiger partial charge in [-0.1, -0.05) is 0 Å². The predicted octanol–water partition coefficient (Wildman–Crippen LogP) is -6.28. The Morgan fingerprint density at radius 2 is 1.61 bits per heavy atom. The second-order valence-corrected chi connectivity index (χ2v) is 8.12. The van der Waals surface area contributed by atoms with Gasteiger partial charge in [0, 0.05) is 0 Å². The smallest absolute Gasteiger partial charge is 0.224 e. The highest BCUT2D eigenvalue weighted by Gasteiger charge is 2.58. The summed E-state index contributed by atoms with van der Waals surface area (Å²) in [6.45, 7) is -2.59. The highest BCUT2D eigenvalue weighted by Crippen LogP contribution is 2.36. The van der Waals surface area contributed by atoms with Crippen molar-refractivity contribution >= 4 is 0 Å². The molecule has 3 unspecified atom stereocenters. The zero-order valence-electron chi connectivity index (χ0n) is 17.6. The van der Waals surface area contributed by atoms with Crippen molar-refractivity contribution in [1.82, 2.24) is 0 Å². The van der Waals surface area contributed by atoms with Crippen molar-refractivity contribution in [2.45, 2.75) is 73.3 Å². The monoisotopic (exact) mass is 488 g/mol. The number of ether oxygens (including phenoxy) is 6. The van der Waals surface area contributed by atoms with Gasteiger partial charge in [0.2, 0.25) is 5.79 Å². The molecule has 0 amide bonds. The Kier molecular flexibility index (Phi) is 9.35. The molecule has 0 bridgehead atoms. The van der Waals surface area contributed by atoms with E-state index in [4.69, 9.17) is 33.5 Å². The summed E-state index contributed by atoms with van der Waals surface area (Å²) in [7, 11) is 0.